The van der Waals surface area contributed by atoms with E-state index in [1.165, 1.54) is 166 Å². The SMILES string of the molecule is CCCCCCCCCCCCCCC[n+]1ccn(CCCCCCCCCCC)c1Cc1ccccc1. The van der Waals surface area contributed by atoms with Gasteiger partial charge in [-0.3, -0.25) is 0 Å². The lowest BCUT2D eigenvalue weighted by Crippen LogP contribution is -2.37. The van der Waals surface area contributed by atoms with Crippen molar-refractivity contribution >= 4 is 0 Å². The Balaban J connectivity index is 1.65. The number of aryl methyl sites for hydroxylation is 2. The second kappa shape index (κ2) is 23.3. The van der Waals surface area contributed by atoms with Crippen LogP contribution in [0, 0.1) is 0 Å². The average molecular weight is 524 g/mol. The molecule has 0 saturated carbocycles. The normalized spacial score (nSPS) is 11.4. The van der Waals surface area contributed by atoms with E-state index in [0.29, 0.717) is 0 Å². The Morgan fingerprint density at radius 3 is 1.47 bits per heavy atom. The fourth-order valence-electron chi connectivity index (χ4n) is 5.78. The van der Waals surface area contributed by atoms with Crippen molar-refractivity contribution in [2.24, 2.45) is 0 Å². The fourth-order valence-corrected chi connectivity index (χ4v) is 5.78. The van der Waals surface area contributed by atoms with Gasteiger partial charge in [0.1, 0.15) is 12.4 Å². The van der Waals surface area contributed by atoms with Crippen LogP contribution in [-0.2, 0) is 19.5 Å². The Bertz CT molecular complexity index is 763. The first kappa shape index (κ1) is 32.6. The lowest BCUT2D eigenvalue weighted by Gasteiger charge is -2.07. The molecule has 0 N–H and O–H groups in total. The highest BCUT2D eigenvalue weighted by Crippen LogP contribution is 2.14. The Kier molecular flexibility index (Phi) is 20.0. The first-order valence-corrected chi connectivity index (χ1v) is 17.0. The number of imidazole rings is 1. The zero-order valence-electron chi connectivity index (χ0n) is 25.6. The monoisotopic (exact) mass is 523 g/mol. The first-order valence-electron chi connectivity index (χ1n) is 17.0. The van der Waals surface area contributed by atoms with Gasteiger partial charge in [-0.15, -0.1) is 0 Å². The molecule has 0 spiro atoms. The van der Waals surface area contributed by atoms with Gasteiger partial charge >= 0.3 is 0 Å². The Morgan fingerprint density at radius 2 is 0.974 bits per heavy atom. The summed E-state index contributed by atoms with van der Waals surface area (Å²) < 4.78 is 5.11. The van der Waals surface area contributed by atoms with E-state index in [2.05, 4.69) is 65.7 Å². The molecule has 0 bridgehead atoms. The van der Waals surface area contributed by atoms with Gasteiger partial charge in [0.15, 0.2) is 0 Å². The summed E-state index contributed by atoms with van der Waals surface area (Å²) in [6.45, 7) is 6.95. The predicted octanol–water partition coefficient (Wildman–Crippen LogP) is 11.0. The van der Waals surface area contributed by atoms with Gasteiger partial charge in [-0.25, -0.2) is 9.13 Å². The van der Waals surface area contributed by atoms with Gasteiger partial charge in [-0.2, -0.15) is 0 Å². The van der Waals surface area contributed by atoms with E-state index in [9.17, 15) is 0 Å². The fraction of sp³-hybridized carbons (Fsp3) is 0.750. The molecule has 0 amide bonds. The summed E-state index contributed by atoms with van der Waals surface area (Å²) in [5.74, 6) is 1.50. The summed E-state index contributed by atoms with van der Waals surface area (Å²) in [6.07, 6.45) is 36.8. The zero-order valence-corrected chi connectivity index (χ0v) is 25.6. The number of aromatic nitrogens is 2. The number of hydrogen-bond donors (Lipinski definition) is 0. The highest BCUT2D eigenvalue weighted by molar-refractivity contribution is 5.18. The average Bonchev–Trinajstić information content (AvgIpc) is 3.31. The third kappa shape index (κ3) is 15.7. The van der Waals surface area contributed by atoms with Crippen molar-refractivity contribution in [3.8, 4) is 0 Å². The van der Waals surface area contributed by atoms with Crippen LogP contribution in [-0.4, -0.2) is 4.57 Å². The largest absolute Gasteiger partial charge is 0.260 e. The molecule has 2 nitrogen and oxygen atoms in total. The van der Waals surface area contributed by atoms with E-state index >= 15 is 0 Å². The summed E-state index contributed by atoms with van der Waals surface area (Å²) in [5, 5.41) is 0. The van der Waals surface area contributed by atoms with Gasteiger partial charge in [-0.05, 0) is 31.2 Å². The maximum Gasteiger partial charge on any atom is 0.260 e. The van der Waals surface area contributed by atoms with Crippen LogP contribution in [0.25, 0.3) is 0 Å². The summed E-state index contributed by atoms with van der Waals surface area (Å²) in [5.41, 5.74) is 1.43. The summed E-state index contributed by atoms with van der Waals surface area (Å²) in [6, 6.07) is 11.1. The summed E-state index contributed by atoms with van der Waals surface area (Å²) in [7, 11) is 0. The van der Waals surface area contributed by atoms with Crippen LogP contribution in [0.5, 0.6) is 0 Å². The molecular weight excluding hydrogens is 460 g/mol. The van der Waals surface area contributed by atoms with Crippen LogP contribution in [0.2, 0.25) is 0 Å². The molecule has 0 aliphatic carbocycles. The topological polar surface area (TPSA) is 8.81 Å². The molecule has 1 aromatic carbocycles. The van der Waals surface area contributed by atoms with Gasteiger partial charge in [0, 0.05) is 0 Å². The van der Waals surface area contributed by atoms with Crippen LogP contribution < -0.4 is 4.57 Å². The molecule has 216 valence electrons. The van der Waals surface area contributed by atoms with Gasteiger partial charge < -0.3 is 0 Å². The highest BCUT2D eigenvalue weighted by atomic mass is 15.1. The Morgan fingerprint density at radius 1 is 0.526 bits per heavy atom. The first-order chi connectivity index (χ1) is 18.8. The van der Waals surface area contributed by atoms with Crippen molar-refractivity contribution in [2.75, 3.05) is 0 Å². The van der Waals surface area contributed by atoms with Crippen molar-refractivity contribution in [3.63, 3.8) is 0 Å². The van der Waals surface area contributed by atoms with Crippen molar-refractivity contribution in [3.05, 3.63) is 54.1 Å². The molecule has 2 aromatic rings. The molecule has 0 aliphatic rings. The molecule has 0 saturated heterocycles. The van der Waals surface area contributed by atoms with Gasteiger partial charge in [0.25, 0.3) is 5.82 Å². The predicted molar refractivity (Wildman–Crippen MR) is 167 cm³/mol. The molecule has 0 unspecified atom stereocenters. The molecule has 38 heavy (non-hydrogen) atoms. The van der Waals surface area contributed by atoms with Crippen molar-refractivity contribution in [1.82, 2.24) is 4.57 Å². The van der Waals surface area contributed by atoms with E-state index in [1.807, 2.05) is 0 Å². The minimum Gasteiger partial charge on any atom is -0.234 e. The van der Waals surface area contributed by atoms with Crippen LogP contribution in [0.1, 0.15) is 166 Å². The summed E-state index contributed by atoms with van der Waals surface area (Å²) in [4.78, 5) is 0. The molecule has 0 aliphatic heterocycles. The Labute approximate surface area is 237 Å². The van der Waals surface area contributed by atoms with Gasteiger partial charge in [0.2, 0.25) is 0 Å². The maximum atomic E-state index is 2.55. The van der Waals surface area contributed by atoms with E-state index < -0.39 is 0 Å². The third-order valence-corrected chi connectivity index (χ3v) is 8.30. The quantitative estimate of drug-likeness (QED) is 0.0856. The van der Waals surface area contributed by atoms with E-state index in [1.54, 1.807) is 0 Å². The minimum atomic E-state index is 1.05. The number of unbranched alkanes of at least 4 members (excludes halogenated alkanes) is 20. The van der Waals surface area contributed by atoms with E-state index in [-0.39, 0.29) is 0 Å². The molecule has 0 atom stereocenters. The third-order valence-electron chi connectivity index (χ3n) is 8.30. The second-order valence-corrected chi connectivity index (χ2v) is 11.8. The Hall–Kier alpha value is -1.57. The molecule has 0 radical (unpaired) electrons. The number of rotatable bonds is 26. The molecular formula is C36H63N2+. The van der Waals surface area contributed by atoms with Crippen molar-refractivity contribution in [2.45, 2.75) is 175 Å². The number of benzene rings is 1. The van der Waals surface area contributed by atoms with E-state index in [4.69, 9.17) is 0 Å². The molecule has 1 heterocycles. The maximum absolute atomic E-state index is 2.55. The second-order valence-electron chi connectivity index (χ2n) is 11.8. The van der Waals surface area contributed by atoms with Crippen LogP contribution >= 0.6 is 0 Å². The number of hydrogen-bond acceptors (Lipinski definition) is 0. The van der Waals surface area contributed by atoms with Crippen LogP contribution in [0.3, 0.4) is 0 Å². The zero-order chi connectivity index (χ0) is 26.9. The van der Waals surface area contributed by atoms with Crippen LogP contribution in [0.4, 0.5) is 0 Å². The number of nitrogens with zero attached hydrogens (tertiary/aromatic N) is 2. The lowest BCUT2D eigenvalue weighted by atomic mass is 10.0. The molecule has 1 aromatic heterocycles. The standard InChI is InChI=1S/C36H63N2/c1-3-5-7-9-11-13-14-15-16-18-20-22-27-31-38-33-32-37(36(38)34-35-28-24-23-25-29-35)30-26-21-19-17-12-10-8-6-4-2/h23-25,28-29,32-33H,3-22,26-27,30-31,34H2,1-2H3/q+1. The smallest absolute Gasteiger partial charge is 0.234 e. The summed E-state index contributed by atoms with van der Waals surface area (Å²) >= 11 is 0. The molecule has 0 fully saturated rings. The molecule has 2 heteroatoms. The van der Waals surface area contributed by atoms with Gasteiger partial charge in [-0.1, -0.05) is 160 Å². The molecule has 2 rings (SSSR count). The highest BCUT2D eigenvalue weighted by Gasteiger charge is 2.17. The van der Waals surface area contributed by atoms with Crippen molar-refractivity contribution in [1.29, 1.82) is 0 Å². The van der Waals surface area contributed by atoms with Gasteiger partial charge in [0.05, 0.1) is 19.5 Å². The van der Waals surface area contributed by atoms with E-state index in [0.717, 1.165) is 6.42 Å². The van der Waals surface area contributed by atoms with Crippen LogP contribution in [0.15, 0.2) is 42.7 Å². The van der Waals surface area contributed by atoms with Crippen molar-refractivity contribution < 1.29 is 4.57 Å². The minimum absolute atomic E-state index is 1.05. The lowest BCUT2D eigenvalue weighted by molar-refractivity contribution is -0.703.